The Morgan fingerprint density at radius 3 is 2.38 bits per heavy atom. The van der Waals surface area contributed by atoms with Crippen molar-refractivity contribution < 1.29 is 46.0 Å². The van der Waals surface area contributed by atoms with Crippen molar-refractivity contribution in [3.63, 3.8) is 0 Å². The van der Waals surface area contributed by atoms with Gasteiger partial charge in [0, 0.05) is 24.4 Å². The summed E-state index contributed by atoms with van der Waals surface area (Å²) in [7, 11) is -2.86. The van der Waals surface area contributed by atoms with Crippen LogP contribution in [0, 0.1) is 22.7 Å². The van der Waals surface area contributed by atoms with Crippen LogP contribution in [0.3, 0.4) is 0 Å². The SMILES string of the molecule is C=C[C@@H]1C[C@]1(CC(=O)C1CC(Oc2nccc3cc(OC)ccc23)CN1C(=O)[C@@H](CC(=O)OC(C)(C)C)C(C)(C)C)C(=O)NS(=O)(=O)OC1(C)CC1. The van der Waals surface area contributed by atoms with Gasteiger partial charge in [-0.15, -0.1) is 6.58 Å². The predicted molar refractivity (Wildman–Crippen MR) is 192 cm³/mol. The maximum absolute atomic E-state index is 14.5. The van der Waals surface area contributed by atoms with E-state index in [2.05, 4.69) is 11.6 Å². The fourth-order valence-electron chi connectivity index (χ4n) is 6.83. The third kappa shape index (κ3) is 8.94. The Kier molecular flexibility index (Phi) is 10.6. The van der Waals surface area contributed by atoms with E-state index < -0.39 is 79.9 Å². The predicted octanol–water partition coefficient (Wildman–Crippen LogP) is 5.07. The van der Waals surface area contributed by atoms with Crippen LogP contribution in [0.2, 0.25) is 0 Å². The highest BCUT2D eigenvalue weighted by Gasteiger charge is 2.61. The second kappa shape index (κ2) is 14.1. The van der Waals surface area contributed by atoms with Gasteiger partial charge < -0.3 is 19.1 Å². The number of nitrogens with one attached hydrogen (secondary N) is 1. The molecule has 1 aliphatic heterocycles. The summed E-state index contributed by atoms with van der Waals surface area (Å²) in [6.07, 6.45) is 3.27. The summed E-state index contributed by atoms with van der Waals surface area (Å²) >= 11 is 0. The minimum absolute atomic E-state index is 0.00917. The molecule has 2 aromatic rings. The van der Waals surface area contributed by atoms with Crippen molar-refractivity contribution in [2.75, 3.05) is 13.7 Å². The Morgan fingerprint density at radius 1 is 1.12 bits per heavy atom. The number of carbonyl (C=O) groups is 4. The number of likely N-dealkylation sites (tertiary alicyclic amines) is 1. The van der Waals surface area contributed by atoms with E-state index in [1.807, 2.05) is 43.7 Å². The molecule has 1 saturated heterocycles. The quantitative estimate of drug-likeness (QED) is 0.203. The molecule has 0 spiro atoms. The first-order valence-electron chi connectivity index (χ1n) is 17.6. The van der Waals surface area contributed by atoms with E-state index in [0.717, 1.165) is 5.39 Å². The van der Waals surface area contributed by atoms with Crippen LogP contribution in [0.1, 0.15) is 87.0 Å². The van der Waals surface area contributed by atoms with E-state index >= 15 is 0 Å². The summed E-state index contributed by atoms with van der Waals surface area (Å²) < 4.78 is 50.1. The van der Waals surface area contributed by atoms with Crippen LogP contribution in [0.15, 0.2) is 43.1 Å². The molecule has 2 saturated carbocycles. The van der Waals surface area contributed by atoms with Gasteiger partial charge in [0.05, 0.1) is 43.1 Å². The number of methoxy groups -OCH3 is 1. The first-order chi connectivity index (χ1) is 24.1. The number of ether oxygens (including phenoxy) is 3. The highest BCUT2D eigenvalue weighted by molar-refractivity contribution is 7.85. The Hall–Kier alpha value is -4.04. The average molecular weight is 742 g/mol. The number of allylic oxidation sites excluding steroid dienone is 1. The molecule has 2 unspecified atom stereocenters. The molecule has 5 rings (SSSR count). The molecule has 13 nitrogen and oxygen atoms in total. The molecule has 3 aliphatic rings. The highest BCUT2D eigenvalue weighted by Crippen LogP contribution is 2.57. The van der Waals surface area contributed by atoms with Crippen LogP contribution in [-0.4, -0.2) is 78.9 Å². The Balaban J connectivity index is 1.43. The topological polar surface area (TPSA) is 168 Å². The first-order valence-corrected chi connectivity index (χ1v) is 19.0. The lowest BCUT2D eigenvalue weighted by molar-refractivity contribution is -0.161. The number of benzene rings is 1. The number of aromatic nitrogens is 1. The van der Waals surface area contributed by atoms with Gasteiger partial charge in [-0.25, -0.2) is 13.9 Å². The van der Waals surface area contributed by atoms with Crippen LogP contribution in [0.25, 0.3) is 10.8 Å². The molecule has 1 N–H and O–H groups in total. The van der Waals surface area contributed by atoms with Gasteiger partial charge in [0.2, 0.25) is 17.7 Å². The van der Waals surface area contributed by atoms with Crippen molar-refractivity contribution in [1.82, 2.24) is 14.6 Å². The van der Waals surface area contributed by atoms with Gasteiger partial charge in [-0.1, -0.05) is 26.8 Å². The minimum Gasteiger partial charge on any atom is -0.497 e. The first kappa shape index (κ1) is 39.2. The molecule has 1 aromatic heterocycles. The summed E-state index contributed by atoms with van der Waals surface area (Å²) in [5.74, 6) is -2.62. The Morgan fingerprint density at radius 2 is 1.81 bits per heavy atom. The van der Waals surface area contributed by atoms with Crippen molar-refractivity contribution in [2.45, 2.75) is 110 Å². The molecule has 284 valence electrons. The zero-order valence-corrected chi connectivity index (χ0v) is 32.1. The van der Waals surface area contributed by atoms with Crippen LogP contribution in [-0.2, 0) is 38.4 Å². The molecule has 0 bridgehead atoms. The highest BCUT2D eigenvalue weighted by atomic mass is 32.2. The molecule has 3 fully saturated rings. The van der Waals surface area contributed by atoms with E-state index in [-0.39, 0.29) is 32.2 Å². The van der Waals surface area contributed by atoms with Crippen molar-refractivity contribution in [3.05, 3.63) is 43.1 Å². The fraction of sp³-hybridized carbons (Fsp3) is 0.605. The number of Topliss-reactive ketones (excluding diaryl/α,β-unsaturated/α-hetero) is 1. The van der Waals surface area contributed by atoms with Gasteiger partial charge in [-0.2, -0.15) is 8.42 Å². The van der Waals surface area contributed by atoms with Crippen LogP contribution >= 0.6 is 0 Å². The van der Waals surface area contributed by atoms with Gasteiger partial charge in [0.1, 0.15) is 17.5 Å². The van der Waals surface area contributed by atoms with Gasteiger partial charge in [-0.05, 0) is 87.9 Å². The number of ketones is 1. The molecule has 2 amide bonds. The number of esters is 1. The smallest absolute Gasteiger partial charge is 0.362 e. The number of hydrogen-bond donors (Lipinski definition) is 1. The molecule has 2 aliphatic carbocycles. The lowest BCUT2D eigenvalue weighted by Crippen LogP contribution is -2.49. The third-order valence-electron chi connectivity index (χ3n) is 10.1. The van der Waals surface area contributed by atoms with E-state index in [1.54, 1.807) is 47.1 Å². The average Bonchev–Trinajstić information content (AvgIpc) is 3.90. The van der Waals surface area contributed by atoms with Gasteiger partial charge in [0.25, 0.3) is 0 Å². The maximum Gasteiger partial charge on any atom is 0.362 e. The van der Waals surface area contributed by atoms with Crippen molar-refractivity contribution in [1.29, 1.82) is 0 Å². The standard InChI is InChI=1S/C38H51N3O10S/c1-10-24-20-38(24,34(45)40-52(46,47)51-37(8)14-15-37)21-30(42)29-18-26(49-32-27-12-11-25(48-9)17-23(27)13-16-39-32)22-41(29)33(44)28(35(2,3)4)19-31(43)50-36(5,6)7/h10-13,16-17,24,26,28-29H,1,14-15,18-22H2,2-9H3,(H,40,45)/t24-,26?,28-,29?,38-/m1/s1. The van der Waals surface area contributed by atoms with Crippen LogP contribution in [0.4, 0.5) is 0 Å². The number of pyridine rings is 1. The molecule has 2 heterocycles. The molecule has 1 aromatic carbocycles. The number of rotatable bonds is 14. The van der Waals surface area contributed by atoms with Gasteiger partial charge in [0.15, 0.2) is 5.78 Å². The van der Waals surface area contributed by atoms with E-state index in [9.17, 15) is 27.6 Å². The van der Waals surface area contributed by atoms with E-state index in [0.29, 0.717) is 29.9 Å². The Labute approximate surface area is 306 Å². The number of hydrogen-bond acceptors (Lipinski definition) is 11. The lowest BCUT2D eigenvalue weighted by atomic mass is 9.77. The van der Waals surface area contributed by atoms with E-state index in [1.165, 1.54) is 11.0 Å². The van der Waals surface area contributed by atoms with Crippen LogP contribution < -0.4 is 14.2 Å². The molecular weight excluding hydrogens is 690 g/mol. The molecule has 14 heteroatoms. The minimum atomic E-state index is -4.44. The summed E-state index contributed by atoms with van der Waals surface area (Å²) in [6.45, 7) is 16.2. The summed E-state index contributed by atoms with van der Waals surface area (Å²) in [4.78, 5) is 61.5. The second-order valence-corrected chi connectivity index (χ2v) is 17.9. The van der Waals surface area contributed by atoms with Crippen molar-refractivity contribution in [2.24, 2.45) is 22.7 Å². The summed E-state index contributed by atoms with van der Waals surface area (Å²) in [6, 6.07) is 6.23. The number of carbonyl (C=O) groups excluding carboxylic acids is 4. The van der Waals surface area contributed by atoms with Gasteiger partial charge in [-0.3, -0.25) is 19.2 Å². The monoisotopic (exact) mass is 741 g/mol. The molecule has 52 heavy (non-hydrogen) atoms. The van der Waals surface area contributed by atoms with Crippen molar-refractivity contribution in [3.8, 4) is 11.6 Å². The summed E-state index contributed by atoms with van der Waals surface area (Å²) in [5, 5.41) is 1.53. The zero-order valence-electron chi connectivity index (χ0n) is 31.3. The molecule has 0 radical (unpaired) electrons. The van der Waals surface area contributed by atoms with E-state index in [4.69, 9.17) is 18.4 Å². The lowest BCUT2D eigenvalue weighted by Gasteiger charge is -2.35. The molecule has 5 atom stereocenters. The molecular formula is C38H51N3O10S. The zero-order chi connectivity index (χ0) is 38.4. The second-order valence-electron chi connectivity index (χ2n) is 16.7. The van der Waals surface area contributed by atoms with Gasteiger partial charge >= 0.3 is 16.3 Å². The number of amides is 2. The number of fused-ring (bicyclic) bond motifs is 1. The fourth-order valence-corrected chi connectivity index (χ4v) is 8.00. The Bertz CT molecular complexity index is 1860. The summed E-state index contributed by atoms with van der Waals surface area (Å²) in [5.41, 5.74) is -3.71. The van der Waals surface area contributed by atoms with Crippen molar-refractivity contribution >= 4 is 44.6 Å². The van der Waals surface area contributed by atoms with Crippen LogP contribution in [0.5, 0.6) is 11.6 Å². The maximum atomic E-state index is 14.5. The third-order valence-corrected chi connectivity index (χ3v) is 11.2. The normalized spacial score (nSPS) is 24.5. The largest absolute Gasteiger partial charge is 0.497 e. The number of nitrogens with zero attached hydrogens (tertiary/aromatic N) is 2.